The number of carbonyl (C=O) groups is 1. The quantitative estimate of drug-likeness (QED) is 0.791. The highest BCUT2D eigenvalue weighted by atomic mass is 35.5. The molecule has 0 saturated carbocycles. The van der Waals surface area contributed by atoms with Crippen molar-refractivity contribution in [2.45, 2.75) is 13.5 Å². The van der Waals surface area contributed by atoms with Gasteiger partial charge in [0.25, 0.3) is 0 Å². The first-order valence-corrected chi connectivity index (χ1v) is 5.55. The molecule has 0 atom stereocenters. The lowest BCUT2D eigenvalue weighted by atomic mass is 10.2. The Balaban J connectivity index is 2.45. The van der Waals surface area contributed by atoms with Gasteiger partial charge in [-0.2, -0.15) is 0 Å². The second-order valence-corrected chi connectivity index (χ2v) is 4.00. The van der Waals surface area contributed by atoms with Gasteiger partial charge in [0.15, 0.2) is 0 Å². The topological polar surface area (TPSA) is 45.2 Å². The molecule has 0 spiro atoms. The van der Waals surface area contributed by atoms with Gasteiger partial charge in [-0.25, -0.2) is 4.98 Å². The van der Waals surface area contributed by atoms with Crippen molar-refractivity contribution < 1.29 is 4.79 Å². The zero-order valence-corrected chi connectivity index (χ0v) is 10.3. The maximum Gasteiger partial charge on any atom is 0.234 e. The van der Waals surface area contributed by atoms with E-state index < -0.39 is 0 Å². The first-order chi connectivity index (χ1) is 7.61. The molecule has 0 aliphatic rings. The average molecular weight is 242 g/mol. The van der Waals surface area contributed by atoms with E-state index in [1.165, 1.54) is 0 Å². The number of hydrogen-bond donors (Lipinski definition) is 1. The SMILES string of the molecule is CCNC(=O)CN(C)Cc1ccnc(Cl)c1. The summed E-state index contributed by atoms with van der Waals surface area (Å²) in [5.41, 5.74) is 1.05. The van der Waals surface area contributed by atoms with Crippen LogP contribution in [0.1, 0.15) is 12.5 Å². The highest BCUT2D eigenvalue weighted by Gasteiger charge is 2.06. The number of amides is 1. The predicted molar refractivity (Wildman–Crippen MR) is 64.3 cm³/mol. The van der Waals surface area contributed by atoms with Gasteiger partial charge in [0, 0.05) is 19.3 Å². The molecule has 88 valence electrons. The molecule has 0 aliphatic carbocycles. The average Bonchev–Trinajstić information content (AvgIpc) is 2.17. The first kappa shape index (κ1) is 12.9. The van der Waals surface area contributed by atoms with Crippen molar-refractivity contribution in [3.05, 3.63) is 29.0 Å². The summed E-state index contributed by atoms with van der Waals surface area (Å²) in [6.07, 6.45) is 1.66. The van der Waals surface area contributed by atoms with Crippen molar-refractivity contribution in [2.75, 3.05) is 20.1 Å². The number of rotatable bonds is 5. The summed E-state index contributed by atoms with van der Waals surface area (Å²) in [7, 11) is 1.89. The smallest absolute Gasteiger partial charge is 0.234 e. The molecule has 0 fully saturated rings. The Labute approximate surface area is 101 Å². The van der Waals surface area contributed by atoms with E-state index in [2.05, 4.69) is 10.3 Å². The molecule has 1 aromatic heterocycles. The minimum absolute atomic E-state index is 0.0325. The minimum Gasteiger partial charge on any atom is -0.355 e. The molecule has 0 aliphatic heterocycles. The van der Waals surface area contributed by atoms with Crippen molar-refractivity contribution in [1.29, 1.82) is 0 Å². The van der Waals surface area contributed by atoms with Gasteiger partial charge < -0.3 is 5.32 Å². The van der Waals surface area contributed by atoms with E-state index in [4.69, 9.17) is 11.6 Å². The van der Waals surface area contributed by atoms with E-state index >= 15 is 0 Å². The molecule has 16 heavy (non-hydrogen) atoms. The van der Waals surface area contributed by atoms with E-state index in [1.54, 1.807) is 12.3 Å². The van der Waals surface area contributed by atoms with E-state index in [1.807, 2.05) is 24.9 Å². The first-order valence-electron chi connectivity index (χ1n) is 5.17. The summed E-state index contributed by atoms with van der Waals surface area (Å²) in [5, 5.41) is 3.23. The van der Waals surface area contributed by atoms with Crippen molar-refractivity contribution in [1.82, 2.24) is 15.2 Å². The fourth-order valence-corrected chi connectivity index (χ4v) is 1.60. The third kappa shape index (κ3) is 4.59. The van der Waals surface area contributed by atoms with Crippen LogP contribution >= 0.6 is 11.6 Å². The number of carbonyl (C=O) groups excluding carboxylic acids is 1. The Morgan fingerprint density at radius 2 is 2.38 bits per heavy atom. The monoisotopic (exact) mass is 241 g/mol. The van der Waals surface area contributed by atoms with Crippen LogP contribution in [0.3, 0.4) is 0 Å². The van der Waals surface area contributed by atoms with Gasteiger partial charge in [-0.1, -0.05) is 11.6 Å². The van der Waals surface area contributed by atoms with Crippen LogP contribution in [0.2, 0.25) is 5.15 Å². The van der Waals surface area contributed by atoms with Crippen LogP contribution in [0.15, 0.2) is 18.3 Å². The zero-order valence-electron chi connectivity index (χ0n) is 9.53. The van der Waals surface area contributed by atoms with Crippen LogP contribution in [-0.4, -0.2) is 35.9 Å². The molecule has 0 unspecified atom stereocenters. The van der Waals surface area contributed by atoms with Gasteiger partial charge in [0.05, 0.1) is 6.54 Å². The molecule has 5 heteroatoms. The molecule has 1 amide bonds. The number of halogens is 1. The fourth-order valence-electron chi connectivity index (χ4n) is 1.41. The molecule has 0 radical (unpaired) electrons. The van der Waals surface area contributed by atoms with Crippen LogP contribution in [0.4, 0.5) is 0 Å². The van der Waals surface area contributed by atoms with Crippen molar-refractivity contribution in [3.63, 3.8) is 0 Å². The summed E-state index contributed by atoms with van der Waals surface area (Å²) in [5.74, 6) is 0.0325. The highest BCUT2D eigenvalue weighted by molar-refractivity contribution is 6.29. The van der Waals surface area contributed by atoms with Gasteiger partial charge in [0.2, 0.25) is 5.91 Å². The number of nitrogens with one attached hydrogen (secondary N) is 1. The molecule has 1 rings (SSSR count). The van der Waals surface area contributed by atoms with Gasteiger partial charge in [-0.05, 0) is 31.7 Å². The largest absolute Gasteiger partial charge is 0.355 e. The van der Waals surface area contributed by atoms with Gasteiger partial charge in [-0.3, -0.25) is 9.69 Å². The van der Waals surface area contributed by atoms with Crippen molar-refractivity contribution in [2.24, 2.45) is 0 Å². The van der Waals surface area contributed by atoms with E-state index in [0.29, 0.717) is 24.8 Å². The fraction of sp³-hybridized carbons (Fsp3) is 0.455. The normalized spacial score (nSPS) is 10.5. The maximum atomic E-state index is 11.3. The summed E-state index contributed by atoms with van der Waals surface area (Å²) >= 11 is 5.77. The van der Waals surface area contributed by atoms with Crippen molar-refractivity contribution in [3.8, 4) is 0 Å². The molecule has 0 saturated heterocycles. The van der Waals surface area contributed by atoms with E-state index in [-0.39, 0.29) is 5.91 Å². The van der Waals surface area contributed by atoms with E-state index in [0.717, 1.165) is 5.56 Å². The second kappa shape index (κ2) is 6.45. The number of nitrogens with zero attached hydrogens (tertiary/aromatic N) is 2. The Bertz CT molecular complexity index is 357. The zero-order chi connectivity index (χ0) is 12.0. The van der Waals surface area contributed by atoms with Crippen molar-refractivity contribution >= 4 is 17.5 Å². The lowest BCUT2D eigenvalue weighted by Crippen LogP contribution is -2.34. The predicted octanol–water partition coefficient (Wildman–Crippen LogP) is 1.30. The summed E-state index contributed by atoms with van der Waals surface area (Å²) < 4.78 is 0. The molecule has 0 aromatic carbocycles. The Morgan fingerprint density at radius 1 is 1.62 bits per heavy atom. The molecule has 1 N–H and O–H groups in total. The number of likely N-dealkylation sites (N-methyl/N-ethyl adjacent to an activating group) is 2. The Morgan fingerprint density at radius 3 is 3.00 bits per heavy atom. The number of pyridine rings is 1. The summed E-state index contributed by atoms with van der Waals surface area (Å²) in [4.78, 5) is 17.2. The highest BCUT2D eigenvalue weighted by Crippen LogP contribution is 2.08. The maximum absolute atomic E-state index is 11.3. The molecule has 0 bridgehead atoms. The third-order valence-corrected chi connectivity index (χ3v) is 2.24. The van der Waals surface area contributed by atoms with Gasteiger partial charge in [0.1, 0.15) is 5.15 Å². The van der Waals surface area contributed by atoms with Gasteiger partial charge >= 0.3 is 0 Å². The van der Waals surface area contributed by atoms with Crippen LogP contribution in [0.25, 0.3) is 0 Å². The molecule has 4 nitrogen and oxygen atoms in total. The van der Waals surface area contributed by atoms with Crippen LogP contribution in [0.5, 0.6) is 0 Å². The van der Waals surface area contributed by atoms with Crippen LogP contribution in [-0.2, 0) is 11.3 Å². The number of aromatic nitrogens is 1. The minimum atomic E-state index is 0.0325. The third-order valence-electron chi connectivity index (χ3n) is 2.03. The lowest BCUT2D eigenvalue weighted by Gasteiger charge is -2.15. The second-order valence-electron chi connectivity index (χ2n) is 3.61. The standard InChI is InChI=1S/C11H16ClN3O/c1-3-13-11(16)8-15(2)7-9-4-5-14-10(12)6-9/h4-6H,3,7-8H2,1-2H3,(H,13,16). The molecular formula is C11H16ClN3O. The number of hydrogen-bond acceptors (Lipinski definition) is 3. The summed E-state index contributed by atoms with van der Waals surface area (Å²) in [6.45, 7) is 3.63. The lowest BCUT2D eigenvalue weighted by molar-refractivity contribution is -0.121. The molecule has 1 heterocycles. The Hall–Kier alpha value is -1.13. The summed E-state index contributed by atoms with van der Waals surface area (Å²) in [6, 6.07) is 3.69. The van der Waals surface area contributed by atoms with Crippen LogP contribution < -0.4 is 5.32 Å². The molecule has 1 aromatic rings. The molecular weight excluding hydrogens is 226 g/mol. The van der Waals surface area contributed by atoms with Gasteiger partial charge in [-0.15, -0.1) is 0 Å². The van der Waals surface area contributed by atoms with Crippen LogP contribution in [0, 0.1) is 0 Å². The Kier molecular flexibility index (Phi) is 5.22. The van der Waals surface area contributed by atoms with E-state index in [9.17, 15) is 4.79 Å².